The van der Waals surface area contributed by atoms with Crippen molar-refractivity contribution in [3.63, 3.8) is 0 Å². The van der Waals surface area contributed by atoms with Crippen molar-refractivity contribution in [2.75, 3.05) is 281 Å². The third-order valence-corrected chi connectivity index (χ3v) is 23.8. The number of fused-ring (bicyclic) bond motifs is 20. The predicted octanol–water partition coefficient (Wildman–Crippen LogP) is 12.1. The maximum absolute atomic E-state index is 11.9. The number of nitrogens with zero attached hydrogens (tertiary/aromatic N) is 6. The first-order valence-corrected chi connectivity index (χ1v) is 44.1. The molecule has 5 heterocycles. The number of aromatic nitrogens is 8. The van der Waals surface area contributed by atoms with Gasteiger partial charge in [0.25, 0.3) is 0 Å². The Bertz CT molecular complexity index is 4100. The van der Waals surface area contributed by atoms with E-state index in [9.17, 15) is 9.90 Å². The topological polar surface area (TPSA) is 312 Å². The molecular weight excluding hydrogens is 1580 g/mol. The van der Waals surface area contributed by atoms with Crippen LogP contribution in [-0.2, 0) is 90.1 Å². The molecule has 28 nitrogen and oxygen atoms in total. The predicted molar refractivity (Wildman–Crippen MR) is 444 cm³/mol. The van der Waals surface area contributed by atoms with Crippen LogP contribution in [-0.4, -0.2) is 332 Å². The summed E-state index contributed by atoms with van der Waals surface area (Å²) >= 11 is 11.6. The van der Waals surface area contributed by atoms with Gasteiger partial charge < -0.3 is 100 Å². The van der Waals surface area contributed by atoms with E-state index in [0.29, 0.717) is 284 Å². The van der Waals surface area contributed by atoms with Crippen LogP contribution < -0.4 is 0 Å². The van der Waals surface area contributed by atoms with Crippen molar-refractivity contribution in [3.05, 3.63) is 54.6 Å². The number of H-pyrrole nitrogens is 2. The van der Waals surface area contributed by atoms with E-state index < -0.39 is 5.97 Å². The second kappa shape index (κ2) is 54.4. The summed E-state index contributed by atoms with van der Waals surface area (Å²) in [6.07, 6.45) is -0.0156. The van der Waals surface area contributed by atoms with Crippen molar-refractivity contribution in [1.82, 2.24) is 39.9 Å². The van der Waals surface area contributed by atoms with Gasteiger partial charge in [-0.15, -0.1) is 82.3 Å². The minimum atomic E-state index is -0.878. The first kappa shape index (κ1) is 91.3. The second-order valence-electron chi connectivity index (χ2n) is 24.2. The number of rotatable bonds is 64. The molecule has 2 aliphatic heterocycles. The second-order valence-corrected chi connectivity index (χ2v) is 32.2. The van der Waals surface area contributed by atoms with Crippen molar-refractivity contribution < 1.29 is 95.2 Å². The minimum absolute atomic E-state index is 0.0156. The third kappa shape index (κ3) is 31.1. The molecule has 0 atom stereocenters. The largest absolute Gasteiger partial charge is 0.481 e. The molecule has 0 radical (unpaired) electrons. The van der Waals surface area contributed by atoms with E-state index in [1.807, 2.05) is 18.2 Å². The SMILES string of the molecule is COCCOCCOCCSc1cc2c(cc1SCCOCCOCCOC)-c1nc-2nc2[nH]c(nc3nc(nc4[nH]c(n1)c1cc(SCCOCCOCCOC)c(SCCOCCOCCOC)cc41)-c1cc(SCCOCCOCCOC)c(SCCOCCOCCOC)cc1-3)c1cc(SCCC(=O)O)ccc21. The zero-order valence-electron chi connectivity index (χ0n) is 64.8. The van der Waals surface area contributed by atoms with E-state index in [0.717, 1.165) is 78.1 Å². The molecule has 0 spiro atoms. The molecule has 7 aromatic rings. The van der Waals surface area contributed by atoms with Crippen LogP contribution >= 0.6 is 82.3 Å². The molecule has 0 amide bonds. The van der Waals surface area contributed by atoms with Gasteiger partial charge in [-0.05, 0) is 54.6 Å². The number of carbonyl (C=O) groups is 1. The van der Waals surface area contributed by atoms with Crippen molar-refractivity contribution >= 4 is 132 Å². The van der Waals surface area contributed by atoms with Gasteiger partial charge in [0, 0.05) is 161 Å². The first-order chi connectivity index (χ1) is 55.2. The quantitative estimate of drug-likeness (QED) is 0.0235. The Morgan fingerprint density at radius 1 is 0.277 bits per heavy atom. The molecule has 9 rings (SSSR count). The average Bonchev–Trinajstić information content (AvgIpc) is 1.61. The molecule has 0 aliphatic carbocycles. The number of hydrogen-bond acceptors (Lipinski definition) is 32. The maximum Gasteiger partial charge on any atom is 0.304 e. The Kier molecular flexibility index (Phi) is 44.4. The van der Waals surface area contributed by atoms with Crippen LogP contribution in [0.25, 0.3) is 89.7 Å². The Balaban J connectivity index is 1.23. The number of hydrogen-bond donors (Lipinski definition) is 3. The summed E-state index contributed by atoms with van der Waals surface area (Å²) in [4.78, 5) is 59.3. The summed E-state index contributed by atoms with van der Waals surface area (Å²) in [6, 6.07) is 19.0. The number of carboxylic acids is 1. The molecule has 0 fully saturated rings. The number of aromatic amines is 2. The van der Waals surface area contributed by atoms with E-state index >= 15 is 0 Å². The van der Waals surface area contributed by atoms with Gasteiger partial charge in [0.1, 0.15) is 22.6 Å². The fraction of sp³-hybridized carbons (Fsp3) is 0.571. The number of carboxylic acid groups (broad SMARTS) is 1. The van der Waals surface area contributed by atoms with Crippen LogP contribution in [0.2, 0.25) is 0 Å². The molecule has 616 valence electrons. The standard InChI is InChI=1S/C77H106N8O20S7/c1-88-10-16-94-22-28-100-34-41-107-63-48-57-58(49-64(63)108-42-35-101-29-23-95-17-11-89-2)74-81-72(57)79-70-55-8-7-54(106-40-9-69(86)87)47-56(55)71(78-70)80-73-59-50-65(109-43-36-102-30-24-96-18-12-90-3)66(110-44-37-103-31-25-97-19-13-91-4)51-60(59)75(82-73)84-77-62-53-68(112-46-39-105-33-27-99-21-15-93-6)67(52-61(62)76(83-74)85-77)111-45-38-104-32-26-98-20-14-92-5/h7-8,47-53H,9-46H2,1-6H3,(H,86,87)(H2,78,79,80,81,82,83,84,85). The van der Waals surface area contributed by atoms with E-state index in [2.05, 4.69) is 46.4 Å². The highest BCUT2D eigenvalue weighted by Gasteiger charge is 2.27. The normalized spacial score (nSPS) is 12.0. The van der Waals surface area contributed by atoms with Crippen LogP contribution in [0, 0.1) is 0 Å². The van der Waals surface area contributed by atoms with E-state index in [1.165, 1.54) is 11.8 Å². The highest BCUT2D eigenvalue weighted by atomic mass is 32.2. The Hall–Kier alpha value is -4.56. The summed E-state index contributed by atoms with van der Waals surface area (Å²) in [5.41, 5.74) is 5.08. The fourth-order valence-electron chi connectivity index (χ4n) is 10.9. The van der Waals surface area contributed by atoms with Crippen molar-refractivity contribution in [3.8, 4) is 45.6 Å². The molecular formula is C77H106N8O20S7. The van der Waals surface area contributed by atoms with Gasteiger partial charge in [0.2, 0.25) is 0 Å². The lowest BCUT2D eigenvalue weighted by molar-refractivity contribution is -0.136. The lowest BCUT2D eigenvalue weighted by atomic mass is 10.1. The van der Waals surface area contributed by atoms with Gasteiger partial charge in [0.15, 0.2) is 23.3 Å². The molecule has 8 bridgehead atoms. The summed E-state index contributed by atoms with van der Waals surface area (Å²) in [5.74, 6) is 5.03. The van der Waals surface area contributed by atoms with Gasteiger partial charge >= 0.3 is 5.97 Å². The van der Waals surface area contributed by atoms with Gasteiger partial charge in [-0.25, -0.2) is 29.9 Å². The summed E-state index contributed by atoms with van der Waals surface area (Å²) in [6.45, 7) is 14.2. The number of ether oxygens (including phenoxy) is 18. The Morgan fingerprint density at radius 3 is 0.768 bits per heavy atom. The minimum Gasteiger partial charge on any atom is -0.481 e. The summed E-state index contributed by atoms with van der Waals surface area (Å²) in [7, 11) is 9.91. The van der Waals surface area contributed by atoms with Crippen LogP contribution in [0.1, 0.15) is 6.42 Å². The molecule has 3 aromatic heterocycles. The first-order valence-electron chi connectivity index (χ1n) is 37.2. The Morgan fingerprint density at radius 2 is 0.509 bits per heavy atom. The molecule has 35 heteroatoms. The van der Waals surface area contributed by atoms with Gasteiger partial charge in [-0.2, -0.15) is 0 Å². The monoisotopic (exact) mass is 1690 g/mol. The van der Waals surface area contributed by atoms with Crippen molar-refractivity contribution in [2.45, 2.75) is 40.7 Å². The summed E-state index contributed by atoms with van der Waals surface area (Å²) < 4.78 is 102. The van der Waals surface area contributed by atoms with Crippen molar-refractivity contribution in [1.29, 1.82) is 0 Å². The molecule has 4 aromatic carbocycles. The molecule has 3 N–H and O–H groups in total. The molecule has 0 unspecified atom stereocenters. The smallest absolute Gasteiger partial charge is 0.304 e. The fourth-order valence-corrected chi connectivity index (χ4v) is 17.7. The highest BCUT2D eigenvalue weighted by Crippen LogP contribution is 2.46. The number of benzene rings is 4. The van der Waals surface area contributed by atoms with Crippen LogP contribution in [0.15, 0.2) is 88.9 Å². The highest BCUT2D eigenvalue weighted by molar-refractivity contribution is 8.03. The van der Waals surface area contributed by atoms with E-state index in [4.69, 9.17) is 115 Å². The number of nitrogens with one attached hydrogen (secondary N) is 2. The molecule has 2 aliphatic rings. The van der Waals surface area contributed by atoms with Crippen LogP contribution in [0.5, 0.6) is 0 Å². The lowest BCUT2D eigenvalue weighted by Crippen LogP contribution is -2.09. The summed E-state index contributed by atoms with van der Waals surface area (Å²) in [5, 5.41) is 12.8. The number of aliphatic carboxylic acids is 1. The van der Waals surface area contributed by atoms with Crippen molar-refractivity contribution in [2.24, 2.45) is 0 Å². The number of methoxy groups -OCH3 is 6. The molecule has 0 saturated carbocycles. The van der Waals surface area contributed by atoms with E-state index in [1.54, 1.807) is 113 Å². The Labute approximate surface area is 684 Å². The average molecular weight is 1690 g/mol. The molecule has 112 heavy (non-hydrogen) atoms. The molecule has 0 saturated heterocycles. The zero-order valence-corrected chi connectivity index (χ0v) is 70.5. The van der Waals surface area contributed by atoms with Crippen LogP contribution in [0.4, 0.5) is 0 Å². The van der Waals surface area contributed by atoms with Gasteiger partial charge in [0.05, 0.1) is 205 Å². The third-order valence-electron chi connectivity index (χ3n) is 16.3. The zero-order chi connectivity index (χ0) is 78.4. The van der Waals surface area contributed by atoms with E-state index in [-0.39, 0.29) is 6.42 Å². The maximum atomic E-state index is 11.9. The van der Waals surface area contributed by atoms with Gasteiger partial charge in [-0.1, -0.05) is 0 Å². The van der Waals surface area contributed by atoms with Crippen LogP contribution in [0.3, 0.4) is 0 Å². The number of thioether (sulfide) groups is 7. The van der Waals surface area contributed by atoms with Gasteiger partial charge in [-0.3, -0.25) is 4.79 Å². The lowest BCUT2D eigenvalue weighted by Gasteiger charge is -2.13.